The third-order valence-corrected chi connectivity index (χ3v) is 4.46. The highest BCUT2D eigenvalue weighted by molar-refractivity contribution is 5.99. The van der Waals surface area contributed by atoms with Crippen molar-refractivity contribution in [1.82, 2.24) is 14.9 Å². The van der Waals surface area contributed by atoms with Gasteiger partial charge in [0.05, 0.1) is 14.2 Å². The molecule has 0 bridgehead atoms. The van der Waals surface area contributed by atoms with Crippen LogP contribution < -0.4 is 9.47 Å². The molecule has 1 aliphatic heterocycles. The van der Waals surface area contributed by atoms with Gasteiger partial charge in [0.1, 0.15) is 11.3 Å². The van der Waals surface area contributed by atoms with Gasteiger partial charge in [-0.15, -0.1) is 0 Å². The summed E-state index contributed by atoms with van der Waals surface area (Å²) in [6.07, 6.45) is 3.12. The summed E-state index contributed by atoms with van der Waals surface area (Å²) in [6, 6.07) is 8.53. The molecule has 1 aliphatic rings. The summed E-state index contributed by atoms with van der Waals surface area (Å²) in [6.45, 7) is 0.962. The predicted octanol–water partition coefficient (Wildman–Crippen LogP) is 2.23. The molecule has 0 N–H and O–H groups in total. The molecule has 0 unspecified atom stereocenters. The Morgan fingerprint density at radius 3 is 2.69 bits per heavy atom. The number of carbonyl (C=O) groups is 2. The standard InChI is InChI=1S/C19H21N3O4/c1-25-16-9-8-14(18(21-16)26-2)19(24)22-11-5-6-13(12-22)17(23)15-7-3-4-10-20-15/h3-4,7-10,13H,5-6,11-12H2,1-2H3/t13-/m1/s1. The highest BCUT2D eigenvalue weighted by Crippen LogP contribution is 2.25. The Morgan fingerprint density at radius 1 is 1.15 bits per heavy atom. The summed E-state index contributed by atoms with van der Waals surface area (Å²) < 4.78 is 10.3. The van der Waals surface area contributed by atoms with Crippen LogP contribution in [0, 0.1) is 5.92 Å². The van der Waals surface area contributed by atoms with Crippen LogP contribution in [0.25, 0.3) is 0 Å². The maximum Gasteiger partial charge on any atom is 0.259 e. The molecule has 0 spiro atoms. The van der Waals surface area contributed by atoms with Crippen LogP contribution in [0.15, 0.2) is 36.5 Å². The van der Waals surface area contributed by atoms with Gasteiger partial charge in [0.2, 0.25) is 11.8 Å². The van der Waals surface area contributed by atoms with Gasteiger partial charge in [0.15, 0.2) is 5.78 Å². The van der Waals surface area contributed by atoms with Crippen molar-refractivity contribution in [2.75, 3.05) is 27.3 Å². The van der Waals surface area contributed by atoms with E-state index in [0.29, 0.717) is 30.2 Å². The van der Waals surface area contributed by atoms with Crippen molar-refractivity contribution in [3.05, 3.63) is 47.8 Å². The number of pyridine rings is 2. The number of Topliss-reactive ketones (excluding diaryl/α,β-unsaturated/α-hetero) is 1. The Morgan fingerprint density at radius 2 is 2.00 bits per heavy atom. The Balaban J connectivity index is 1.77. The third kappa shape index (κ3) is 3.66. The topological polar surface area (TPSA) is 81.6 Å². The molecule has 2 aromatic rings. The first kappa shape index (κ1) is 17.8. The van der Waals surface area contributed by atoms with Crippen LogP contribution in [-0.4, -0.2) is 53.9 Å². The van der Waals surface area contributed by atoms with Crippen molar-refractivity contribution in [2.24, 2.45) is 5.92 Å². The zero-order valence-electron chi connectivity index (χ0n) is 14.8. The largest absolute Gasteiger partial charge is 0.481 e. The fourth-order valence-electron chi connectivity index (χ4n) is 3.12. The van der Waals surface area contributed by atoms with Gasteiger partial charge in [-0.3, -0.25) is 14.6 Å². The van der Waals surface area contributed by atoms with Crippen LogP contribution in [-0.2, 0) is 0 Å². The maximum absolute atomic E-state index is 12.9. The maximum atomic E-state index is 12.9. The molecule has 26 heavy (non-hydrogen) atoms. The van der Waals surface area contributed by atoms with E-state index in [1.54, 1.807) is 41.4 Å². The summed E-state index contributed by atoms with van der Waals surface area (Å²) in [5.41, 5.74) is 0.801. The SMILES string of the molecule is COc1ccc(C(=O)N2CCC[C@@H](C(=O)c3ccccn3)C2)c(OC)n1. The van der Waals surface area contributed by atoms with Gasteiger partial charge in [-0.1, -0.05) is 6.07 Å². The Hall–Kier alpha value is -2.96. The average Bonchev–Trinajstić information content (AvgIpc) is 2.72. The number of hydrogen-bond donors (Lipinski definition) is 0. The van der Waals surface area contributed by atoms with E-state index in [9.17, 15) is 9.59 Å². The Bertz CT molecular complexity index is 795. The van der Waals surface area contributed by atoms with E-state index in [0.717, 1.165) is 12.8 Å². The van der Waals surface area contributed by atoms with E-state index in [2.05, 4.69) is 9.97 Å². The summed E-state index contributed by atoms with van der Waals surface area (Å²) in [5, 5.41) is 0. The van der Waals surface area contributed by atoms with Gasteiger partial charge in [-0.25, -0.2) is 0 Å². The van der Waals surface area contributed by atoms with Gasteiger partial charge >= 0.3 is 0 Å². The van der Waals surface area contributed by atoms with Crippen LogP contribution in [0.4, 0.5) is 0 Å². The first-order chi connectivity index (χ1) is 12.6. The Labute approximate surface area is 152 Å². The first-order valence-electron chi connectivity index (χ1n) is 8.47. The molecule has 0 radical (unpaired) electrons. The van der Waals surface area contributed by atoms with E-state index >= 15 is 0 Å². The number of nitrogens with zero attached hydrogens (tertiary/aromatic N) is 3. The van der Waals surface area contributed by atoms with Crippen LogP contribution in [0.1, 0.15) is 33.7 Å². The van der Waals surface area contributed by atoms with Crippen molar-refractivity contribution in [1.29, 1.82) is 0 Å². The number of ether oxygens (including phenoxy) is 2. The summed E-state index contributed by atoms with van der Waals surface area (Å²) in [4.78, 5) is 35.6. The molecule has 7 nitrogen and oxygen atoms in total. The van der Waals surface area contributed by atoms with Crippen LogP contribution in [0.3, 0.4) is 0 Å². The highest BCUT2D eigenvalue weighted by atomic mass is 16.5. The van der Waals surface area contributed by atoms with Gasteiger partial charge < -0.3 is 14.4 Å². The molecule has 3 heterocycles. The molecule has 1 atom stereocenters. The van der Waals surface area contributed by atoms with Crippen LogP contribution in [0.2, 0.25) is 0 Å². The van der Waals surface area contributed by atoms with Crippen molar-refractivity contribution in [2.45, 2.75) is 12.8 Å². The number of ketones is 1. The first-order valence-corrected chi connectivity index (χ1v) is 8.47. The second-order valence-corrected chi connectivity index (χ2v) is 6.08. The molecule has 2 aromatic heterocycles. The molecule has 7 heteroatoms. The van der Waals surface area contributed by atoms with Crippen molar-refractivity contribution in [3.63, 3.8) is 0 Å². The van der Waals surface area contributed by atoms with Gasteiger partial charge in [-0.05, 0) is 31.0 Å². The van der Waals surface area contributed by atoms with E-state index in [4.69, 9.17) is 9.47 Å². The molecule has 0 aliphatic carbocycles. The van der Waals surface area contributed by atoms with Crippen molar-refractivity contribution >= 4 is 11.7 Å². The minimum atomic E-state index is -0.250. The number of methoxy groups -OCH3 is 2. The second-order valence-electron chi connectivity index (χ2n) is 6.08. The van der Waals surface area contributed by atoms with Crippen LogP contribution in [0.5, 0.6) is 11.8 Å². The fourth-order valence-corrected chi connectivity index (χ4v) is 3.12. The zero-order chi connectivity index (χ0) is 18.5. The number of carbonyl (C=O) groups excluding carboxylic acids is 2. The average molecular weight is 355 g/mol. The smallest absolute Gasteiger partial charge is 0.259 e. The molecular formula is C19H21N3O4. The van der Waals surface area contributed by atoms with E-state index in [1.807, 2.05) is 0 Å². The van der Waals surface area contributed by atoms with Crippen molar-refractivity contribution in [3.8, 4) is 11.8 Å². The minimum Gasteiger partial charge on any atom is -0.481 e. The third-order valence-electron chi connectivity index (χ3n) is 4.46. The lowest BCUT2D eigenvalue weighted by Gasteiger charge is -2.32. The lowest BCUT2D eigenvalue weighted by atomic mass is 9.91. The van der Waals surface area contributed by atoms with E-state index in [1.165, 1.54) is 14.2 Å². The fraction of sp³-hybridized carbons (Fsp3) is 0.368. The monoisotopic (exact) mass is 355 g/mol. The number of hydrogen-bond acceptors (Lipinski definition) is 6. The molecule has 1 fully saturated rings. The number of likely N-dealkylation sites (tertiary alicyclic amines) is 1. The second kappa shape index (κ2) is 7.95. The van der Waals surface area contributed by atoms with E-state index in [-0.39, 0.29) is 23.5 Å². The number of piperidine rings is 1. The summed E-state index contributed by atoms with van der Waals surface area (Å²) in [7, 11) is 2.96. The molecule has 1 saturated heterocycles. The quantitative estimate of drug-likeness (QED) is 0.765. The Kier molecular flexibility index (Phi) is 5.46. The zero-order valence-corrected chi connectivity index (χ0v) is 14.8. The number of amides is 1. The normalized spacial score (nSPS) is 16.8. The lowest BCUT2D eigenvalue weighted by Crippen LogP contribution is -2.42. The van der Waals surface area contributed by atoms with Crippen LogP contribution >= 0.6 is 0 Å². The molecule has 0 saturated carbocycles. The summed E-state index contributed by atoms with van der Waals surface area (Å²) >= 11 is 0. The van der Waals surface area contributed by atoms with Gasteiger partial charge in [0, 0.05) is 31.3 Å². The minimum absolute atomic E-state index is 0.0251. The van der Waals surface area contributed by atoms with Crippen molar-refractivity contribution < 1.29 is 19.1 Å². The molecular weight excluding hydrogens is 334 g/mol. The summed E-state index contributed by atoms with van der Waals surface area (Å²) in [5.74, 6) is 0.117. The molecule has 3 rings (SSSR count). The number of aromatic nitrogens is 2. The highest BCUT2D eigenvalue weighted by Gasteiger charge is 2.31. The molecule has 136 valence electrons. The molecule has 1 amide bonds. The number of rotatable bonds is 5. The predicted molar refractivity (Wildman–Crippen MR) is 94.5 cm³/mol. The van der Waals surface area contributed by atoms with Gasteiger partial charge in [-0.2, -0.15) is 4.98 Å². The lowest BCUT2D eigenvalue weighted by molar-refractivity contribution is 0.0632. The van der Waals surface area contributed by atoms with Gasteiger partial charge in [0.25, 0.3) is 5.91 Å². The van der Waals surface area contributed by atoms with E-state index < -0.39 is 0 Å². The molecule has 0 aromatic carbocycles.